The SMILES string of the molecule is COCCn1ncc(Br)c1C(N)C1CCS(=O)(=O)C1. The molecule has 0 aromatic carbocycles. The summed E-state index contributed by atoms with van der Waals surface area (Å²) in [5.74, 6) is 0.352. The first-order chi connectivity index (χ1) is 8.94. The van der Waals surface area contributed by atoms with Gasteiger partial charge in [0.15, 0.2) is 9.84 Å². The van der Waals surface area contributed by atoms with E-state index in [4.69, 9.17) is 10.5 Å². The molecule has 1 aliphatic heterocycles. The van der Waals surface area contributed by atoms with Crippen LogP contribution in [-0.4, -0.2) is 43.4 Å². The molecule has 0 bridgehead atoms. The zero-order valence-electron chi connectivity index (χ0n) is 10.8. The third-order valence-corrected chi connectivity index (χ3v) is 5.84. The van der Waals surface area contributed by atoms with Crippen LogP contribution < -0.4 is 5.73 Å². The maximum absolute atomic E-state index is 11.5. The predicted molar refractivity (Wildman–Crippen MR) is 75.5 cm³/mol. The summed E-state index contributed by atoms with van der Waals surface area (Å²) in [6.07, 6.45) is 2.31. The molecule has 2 heterocycles. The van der Waals surface area contributed by atoms with E-state index in [0.717, 1.165) is 10.2 Å². The Morgan fingerprint density at radius 3 is 3.00 bits per heavy atom. The molecular formula is C11H18BrN3O3S. The summed E-state index contributed by atoms with van der Waals surface area (Å²) in [6, 6.07) is -0.328. The van der Waals surface area contributed by atoms with E-state index in [1.807, 2.05) is 0 Å². The number of methoxy groups -OCH3 is 1. The van der Waals surface area contributed by atoms with Crippen LogP contribution in [0.1, 0.15) is 18.2 Å². The number of ether oxygens (including phenoxy) is 1. The number of aromatic nitrogens is 2. The first kappa shape index (κ1) is 15.0. The lowest BCUT2D eigenvalue weighted by molar-refractivity contribution is 0.181. The van der Waals surface area contributed by atoms with Crippen molar-refractivity contribution in [3.05, 3.63) is 16.4 Å². The van der Waals surface area contributed by atoms with E-state index in [-0.39, 0.29) is 23.5 Å². The lowest BCUT2D eigenvalue weighted by atomic mass is 9.97. The van der Waals surface area contributed by atoms with Gasteiger partial charge in [0.05, 0.1) is 47.1 Å². The van der Waals surface area contributed by atoms with Crippen LogP contribution >= 0.6 is 15.9 Å². The molecule has 2 atom stereocenters. The molecule has 0 saturated carbocycles. The molecule has 1 saturated heterocycles. The highest BCUT2D eigenvalue weighted by atomic mass is 79.9. The van der Waals surface area contributed by atoms with Crippen molar-refractivity contribution in [3.8, 4) is 0 Å². The quantitative estimate of drug-likeness (QED) is 0.844. The van der Waals surface area contributed by atoms with Crippen LogP contribution in [0.15, 0.2) is 10.7 Å². The summed E-state index contributed by atoms with van der Waals surface area (Å²) in [5.41, 5.74) is 7.09. The van der Waals surface area contributed by atoms with Crippen LogP contribution in [-0.2, 0) is 21.1 Å². The highest BCUT2D eigenvalue weighted by Gasteiger charge is 2.34. The Morgan fingerprint density at radius 1 is 1.68 bits per heavy atom. The molecule has 0 amide bonds. The van der Waals surface area contributed by atoms with Crippen molar-refractivity contribution in [1.29, 1.82) is 0 Å². The molecule has 2 N–H and O–H groups in total. The second-order valence-corrected chi connectivity index (χ2v) is 7.87. The third-order valence-electron chi connectivity index (χ3n) is 3.43. The van der Waals surface area contributed by atoms with Gasteiger partial charge in [0.25, 0.3) is 0 Å². The van der Waals surface area contributed by atoms with Gasteiger partial charge in [-0.05, 0) is 28.3 Å². The smallest absolute Gasteiger partial charge is 0.150 e. The number of hydrogen-bond donors (Lipinski definition) is 1. The Morgan fingerprint density at radius 2 is 2.42 bits per heavy atom. The molecule has 2 rings (SSSR count). The fraction of sp³-hybridized carbons (Fsp3) is 0.727. The first-order valence-corrected chi connectivity index (χ1v) is 8.72. The van der Waals surface area contributed by atoms with Gasteiger partial charge in [-0.3, -0.25) is 4.68 Å². The number of sulfone groups is 1. The van der Waals surface area contributed by atoms with E-state index in [1.165, 1.54) is 0 Å². The molecule has 1 aromatic rings. The van der Waals surface area contributed by atoms with Crippen molar-refractivity contribution >= 4 is 25.8 Å². The van der Waals surface area contributed by atoms with Crippen molar-refractivity contribution < 1.29 is 13.2 Å². The monoisotopic (exact) mass is 351 g/mol. The molecular weight excluding hydrogens is 334 g/mol. The average molecular weight is 352 g/mol. The molecule has 6 nitrogen and oxygen atoms in total. The summed E-state index contributed by atoms with van der Waals surface area (Å²) in [6.45, 7) is 1.14. The fourth-order valence-electron chi connectivity index (χ4n) is 2.39. The minimum atomic E-state index is -2.92. The second kappa shape index (κ2) is 5.90. The summed E-state index contributed by atoms with van der Waals surface area (Å²) in [7, 11) is -1.30. The topological polar surface area (TPSA) is 87.2 Å². The zero-order chi connectivity index (χ0) is 14.0. The lowest BCUT2D eigenvalue weighted by Gasteiger charge is -2.20. The van der Waals surface area contributed by atoms with E-state index < -0.39 is 9.84 Å². The minimum Gasteiger partial charge on any atom is -0.383 e. The van der Waals surface area contributed by atoms with Gasteiger partial charge in [-0.2, -0.15) is 5.10 Å². The Balaban J connectivity index is 2.19. The van der Waals surface area contributed by atoms with Crippen LogP contribution in [0.2, 0.25) is 0 Å². The molecule has 1 aromatic heterocycles. The number of halogens is 1. The summed E-state index contributed by atoms with van der Waals surface area (Å²) >= 11 is 3.43. The Kier molecular flexibility index (Phi) is 4.65. The number of hydrogen-bond acceptors (Lipinski definition) is 5. The van der Waals surface area contributed by atoms with E-state index in [1.54, 1.807) is 18.0 Å². The predicted octanol–water partition coefficient (Wildman–Crippen LogP) is 0.726. The molecule has 0 radical (unpaired) electrons. The van der Waals surface area contributed by atoms with Gasteiger partial charge in [0.2, 0.25) is 0 Å². The molecule has 2 unspecified atom stereocenters. The van der Waals surface area contributed by atoms with Gasteiger partial charge in [-0.15, -0.1) is 0 Å². The van der Waals surface area contributed by atoms with Gasteiger partial charge in [0, 0.05) is 7.11 Å². The van der Waals surface area contributed by atoms with E-state index in [0.29, 0.717) is 19.6 Å². The van der Waals surface area contributed by atoms with E-state index in [2.05, 4.69) is 21.0 Å². The fourth-order valence-corrected chi connectivity index (χ4v) is 4.80. The van der Waals surface area contributed by atoms with Gasteiger partial charge in [-0.25, -0.2) is 8.42 Å². The maximum atomic E-state index is 11.5. The molecule has 19 heavy (non-hydrogen) atoms. The van der Waals surface area contributed by atoms with E-state index in [9.17, 15) is 8.42 Å². The van der Waals surface area contributed by atoms with Crippen LogP contribution in [0.4, 0.5) is 0 Å². The molecule has 1 aliphatic rings. The number of rotatable bonds is 5. The number of nitrogens with zero attached hydrogens (tertiary/aromatic N) is 2. The van der Waals surface area contributed by atoms with Gasteiger partial charge < -0.3 is 10.5 Å². The molecule has 1 fully saturated rings. The maximum Gasteiger partial charge on any atom is 0.150 e. The highest BCUT2D eigenvalue weighted by Crippen LogP contribution is 2.33. The molecule has 0 aliphatic carbocycles. The van der Waals surface area contributed by atoms with E-state index >= 15 is 0 Å². The van der Waals surface area contributed by atoms with Crippen LogP contribution in [0.3, 0.4) is 0 Å². The normalized spacial score (nSPS) is 23.6. The van der Waals surface area contributed by atoms with Crippen molar-refractivity contribution in [2.24, 2.45) is 11.7 Å². The first-order valence-electron chi connectivity index (χ1n) is 6.11. The molecule has 108 valence electrons. The highest BCUT2D eigenvalue weighted by molar-refractivity contribution is 9.10. The largest absolute Gasteiger partial charge is 0.383 e. The third kappa shape index (κ3) is 3.36. The average Bonchev–Trinajstić information content (AvgIpc) is 2.89. The van der Waals surface area contributed by atoms with Crippen molar-refractivity contribution in [3.63, 3.8) is 0 Å². The standard InChI is InChI=1S/C11H18BrN3O3S/c1-18-4-3-15-11(9(12)6-14-15)10(13)8-2-5-19(16,17)7-8/h6,8,10H,2-5,7,13H2,1H3. The van der Waals surface area contributed by atoms with Crippen LogP contribution in [0, 0.1) is 5.92 Å². The summed E-state index contributed by atoms with van der Waals surface area (Å²) in [4.78, 5) is 0. The van der Waals surface area contributed by atoms with Crippen molar-refractivity contribution in [2.45, 2.75) is 19.0 Å². The zero-order valence-corrected chi connectivity index (χ0v) is 13.2. The second-order valence-electron chi connectivity index (χ2n) is 4.78. The minimum absolute atomic E-state index is 0.0423. The van der Waals surface area contributed by atoms with Crippen LogP contribution in [0.25, 0.3) is 0 Å². The molecule has 0 spiro atoms. The molecule has 8 heteroatoms. The Hall–Kier alpha value is -0.440. The Labute approximate surface area is 121 Å². The number of nitrogens with two attached hydrogens (primary N) is 1. The van der Waals surface area contributed by atoms with Gasteiger partial charge in [0.1, 0.15) is 0 Å². The Bertz CT molecular complexity index is 543. The summed E-state index contributed by atoms with van der Waals surface area (Å²) < 4.78 is 30.7. The summed E-state index contributed by atoms with van der Waals surface area (Å²) in [5, 5.41) is 4.24. The van der Waals surface area contributed by atoms with Crippen molar-refractivity contribution in [2.75, 3.05) is 25.2 Å². The van der Waals surface area contributed by atoms with Crippen LogP contribution in [0.5, 0.6) is 0 Å². The van der Waals surface area contributed by atoms with Crippen molar-refractivity contribution in [1.82, 2.24) is 9.78 Å². The van der Waals surface area contributed by atoms with Gasteiger partial charge in [-0.1, -0.05) is 0 Å². The van der Waals surface area contributed by atoms with Gasteiger partial charge >= 0.3 is 0 Å². The lowest BCUT2D eigenvalue weighted by Crippen LogP contribution is -2.26.